The molecule has 0 unspecified atom stereocenters. The summed E-state index contributed by atoms with van der Waals surface area (Å²) in [6.45, 7) is 7.77. The minimum Gasteiger partial charge on any atom is -0.369 e. The lowest BCUT2D eigenvalue weighted by Crippen LogP contribution is -2.39. The number of rotatable bonds is 3. The molecule has 102 valence electrons. The van der Waals surface area contributed by atoms with Gasteiger partial charge in [0.1, 0.15) is 0 Å². The summed E-state index contributed by atoms with van der Waals surface area (Å²) in [5.41, 5.74) is 2.98. The molecular formula is C17H22ClN. The highest BCUT2D eigenvalue weighted by molar-refractivity contribution is 6.30. The summed E-state index contributed by atoms with van der Waals surface area (Å²) in [6, 6.07) is 8.15. The van der Waals surface area contributed by atoms with Gasteiger partial charge in [-0.3, -0.25) is 0 Å². The fraction of sp³-hybridized carbons (Fsp3) is 0.412. The Morgan fingerprint density at radius 1 is 1.21 bits per heavy atom. The van der Waals surface area contributed by atoms with Crippen molar-refractivity contribution in [1.29, 1.82) is 0 Å². The topological polar surface area (TPSA) is 3.24 Å². The fourth-order valence-electron chi connectivity index (χ4n) is 2.23. The molecule has 0 aromatic heterocycles. The van der Waals surface area contributed by atoms with Crippen LogP contribution >= 0.6 is 11.6 Å². The van der Waals surface area contributed by atoms with E-state index in [0.29, 0.717) is 0 Å². The van der Waals surface area contributed by atoms with E-state index in [1.807, 2.05) is 12.1 Å². The van der Waals surface area contributed by atoms with Gasteiger partial charge in [-0.15, -0.1) is 0 Å². The summed E-state index contributed by atoms with van der Waals surface area (Å²) < 4.78 is 0. The van der Waals surface area contributed by atoms with Gasteiger partial charge in [-0.1, -0.05) is 35.4 Å². The first-order chi connectivity index (χ1) is 8.95. The van der Waals surface area contributed by atoms with Crippen LogP contribution in [0.4, 0.5) is 0 Å². The Bertz CT molecular complexity index is 494. The van der Waals surface area contributed by atoms with Crippen LogP contribution in [0.1, 0.15) is 32.8 Å². The Balaban J connectivity index is 1.94. The second-order valence-corrected chi connectivity index (χ2v) is 6.53. The van der Waals surface area contributed by atoms with Crippen LogP contribution in [-0.4, -0.2) is 17.0 Å². The van der Waals surface area contributed by atoms with Crippen molar-refractivity contribution in [2.45, 2.75) is 39.2 Å². The molecule has 1 aliphatic heterocycles. The lowest BCUT2D eigenvalue weighted by atomic mass is 9.99. The molecule has 2 heteroatoms. The lowest BCUT2D eigenvalue weighted by Gasteiger charge is -2.37. The van der Waals surface area contributed by atoms with Crippen molar-refractivity contribution in [3.05, 3.63) is 58.8 Å². The lowest BCUT2D eigenvalue weighted by molar-refractivity contribution is 0.218. The third kappa shape index (κ3) is 4.14. The minimum atomic E-state index is 0.187. The zero-order valence-corrected chi connectivity index (χ0v) is 12.7. The van der Waals surface area contributed by atoms with Gasteiger partial charge in [0.15, 0.2) is 0 Å². The van der Waals surface area contributed by atoms with Gasteiger partial charge in [0.2, 0.25) is 0 Å². The van der Waals surface area contributed by atoms with Gasteiger partial charge in [-0.25, -0.2) is 0 Å². The van der Waals surface area contributed by atoms with Crippen LogP contribution in [0.2, 0.25) is 5.02 Å². The van der Waals surface area contributed by atoms with E-state index in [2.05, 4.69) is 56.2 Å². The molecular weight excluding hydrogens is 254 g/mol. The normalized spacial score (nSPS) is 15.6. The van der Waals surface area contributed by atoms with Crippen molar-refractivity contribution in [2.75, 3.05) is 6.54 Å². The number of hydrogen-bond acceptors (Lipinski definition) is 1. The van der Waals surface area contributed by atoms with E-state index in [4.69, 9.17) is 11.6 Å². The number of hydrogen-bond donors (Lipinski definition) is 0. The first-order valence-electron chi connectivity index (χ1n) is 6.82. The summed E-state index contributed by atoms with van der Waals surface area (Å²) in [5, 5.41) is 0.825. The Hall–Kier alpha value is -1.21. The van der Waals surface area contributed by atoms with E-state index in [9.17, 15) is 0 Å². The molecule has 0 N–H and O–H groups in total. The molecule has 19 heavy (non-hydrogen) atoms. The number of nitrogens with zero attached hydrogens (tertiary/aromatic N) is 1. The number of aryl methyl sites for hydroxylation is 1. The molecule has 0 bridgehead atoms. The van der Waals surface area contributed by atoms with Crippen LogP contribution in [0.3, 0.4) is 0 Å². The van der Waals surface area contributed by atoms with Crippen molar-refractivity contribution >= 4 is 11.6 Å². The molecule has 0 saturated heterocycles. The Kier molecular flexibility index (Phi) is 4.36. The van der Waals surface area contributed by atoms with E-state index in [1.165, 1.54) is 11.1 Å². The molecule has 1 heterocycles. The summed E-state index contributed by atoms with van der Waals surface area (Å²) >= 11 is 6.02. The van der Waals surface area contributed by atoms with E-state index in [0.717, 1.165) is 24.4 Å². The highest BCUT2D eigenvalue weighted by Crippen LogP contribution is 2.22. The quantitative estimate of drug-likeness (QED) is 0.764. The van der Waals surface area contributed by atoms with Gasteiger partial charge in [-0.2, -0.15) is 0 Å². The Morgan fingerprint density at radius 2 is 2.00 bits per heavy atom. The maximum atomic E-state index is 6.02. The van der Waals surface area contributed by atoms with Crippen LogP contribution in [0, 0.1) is 0 Å². The summed E-state index contributed by atoms with van der Waals surface area (Å²) in [5.74, 6) is 0. The SMILES string of the molecule is CC(C)(C)N1C=CC=C(CCc2cccc(Cl)c2)C1. The molecule has 1 aromatic rings. The monoisotopic (exact) mass is 275 g/mol. The first kappa shape index (κ1) is 14.2. The predicted molar refractivity (Wildman–Crippen MR) is 83.5 cm³/mol. The van der Waals surface area contributed by atoms with Crippen LogP contribution in [0.25, 0.3) is 0 Å². The molecule has 2 rings (SSSR count). The molecule has 0 aliphatic carbocycles. The minimum absolute atomic E-state index is 0.187. The summed E-state index contributed by atoms with van der Waals surface area (Å²) in [4.78, 5) is 2.39. The van der Waals surface area contributed by atoms with Gasteiger partial charge in [0.05, 0.1) is 0 Å². The zero-order chi connectivity index (χ0) is 13.9. The second kappa shape index (κ2) is 5.83. The molecule has 0 saturated carbocycles. The van der Waals surface area contributed by atoms with E-state index >= 15 is 0 Å². The van der Waals surface area contributed by atoms with Crippen molar-refractivity contribution in [3.63, 3.8) is 0 Å². The number of allylic oxidation sites excluding steroid dienone is 2. The maximum absolute atomic E-state index is 6.02. The molecule has 0 fully saturated rings. The van der Waals surface area contributed by atoms with Gasteiger partial charge in [0, 0.05) is 17.1 Å². The molecule has 1 aliphatic rings. The highest BCUT2D eigenvalue weighted by Gasteiger charge is 2.20. The van der Waals surface area contributed by atoms with Crippen LogP contribution in [-0.2, 0) is 6.42 Å². The maximum Gasteiger partial charge on any atom is 0.0408 e. The third-order valence-corrected chi connectivity index (χ3v) is 3.69. The molecule has 1 aromatic carbocycles. The van der Waals surface area contributed by atoms with Gasteiger partial charge in [0.25, 0.3) is 0 Å². The van der Waals surface area contributed by atoms with Gasteiger partial charge >= 0.3 is 0 Å². The van der Waals surface area contributed by atoms with Crippen LogP contribution in [0.5, 0.6) is 0 Å². The fourth-order valence-corrected chi connectivity index (χ4v) is 2.44. The smallest absolute Gasteiger partial charge is 0.0408 e. The standard InChI is InChI=1S/C17H22ClN/c1-17(2,3)19-11-5-7-15(13-19)10-9-14-6-4-8-16(18)12-14/h4-8,11-12H,9-10,13H2,1-3H3. The molecule has 0 spiro atoms. The van der Waals surface area contributed by atoms with Crippen molar-refractivity contribution in [1.82, 2.24) is 4.90 Å². The average Bonchev–Trinajstić information content (AvgIpc) is 2.36. The molecule has 0 radical (unpaired) electrons. The Morgan fingerprint density at radius 3 is 2.68 bits per heavy atom. The van der Waals surface area contributed by atoms with E-state index < -0.39 is 0 Å². The molecule has 0 atom stereocenters. The van der Waals surface area contributed by atoms with Crippen molar-refractivity contribution < 1.29 is 0 Å². The second-order valence-electron chi connectivity index (χ2n) is 6.10. The Labute approximate surface area is 121 Å². The third-order valence-electron chi connectivity index (χ3n) is 3.46. The zero-order valence-electron chi connectivity index (χ0n) is 12.0. The molecule has 0 amide bonds. The van der Waals surface area contributed by atoms with E-state index in [1.54, 1.807) is 0 Å². The van der Waals surface area contributed by atoms with Crippen molar-refractivity contribution in [2.24, 2.45) is 0 Å². The number of benzene rings is 1. The average molecular weight is 276 g/mol. The van der Waals surface area contributed by atoms with E-state index in [-0.39, 0.29) is 5.54 Å². The van der Waals surface area contributed by atoms with Crippen molar-refractivity contribution in [3.8, 4) is 0 Å². The highest BCUT2D eigenvalue weighted by atomic mass is 35.5. The van der Waals surface area contributed by atoms with Gasteiger partial charge < -0.3 is 4.90 Å². The predicted octanol–water partition coefficient (Wildman–Crippen LogP) is 4.83. The first-order valence-corrected chi connectivity index (χ1v) is 7.20. The largest absolute Gasteiger partial charge is 0.369 e. The molecule has 1 nitrogen and oxygen atoms in total. The number of halogens is 1. The summed E-state index contributed by atoms with van der Waals surface area (Å²) in [6.07, 6.45) is 8.73. The van der Waals surface area contributed by atoms with Gasteiger partial charge in [-0.05, 0) is 63.6 Å². The summed E-state index contributed by atoms with van der Waals surface area (Å²) in [7, 11) is 0. The van der Waals surface area contributed by atoms with Crippen LogP contribution < -0.4 is 0 Å². The van der Waals surface area contributed by atoms with Crippen LogP contribution in [0.15, 0.2) is 48.2 Å².